The topological polar surface area (TPSA) is 82.4 Å². The number of aromatic nitrogens is 2. The lowest BCUT2D eigenvalue weighted by atomic mass is 9.96. The Morgan fingerprint density at radius 2 is 1.86 bits per heavy atom. The number of piperidine rings is 1. The third-order valence-electron chi connectivity index (χ3n) is 5.77. The van der Waals surface area contributed by atoms with Crippen LogP contribution in [0, 0.1) is 5.92 Å². The van der Waals surface area contributed by atoms with Crippen LogP contribution < -0.4 is 15.7 Å². The Labute approximate surface area is 170 Å². The molecule has 29 heavy (non-hydrogen) atoms. The summed E-state index contributed by atoms with van der Waals surface area (Å²) >= 11 is 0. The van der Waals surface area contributed by atoms with Gasteiger partial charge in [0.25, 0.3) is 5.91 Å². The molecule has 0 unspecified atom stereocenters. The molecule has 1 aliphatic rings. The molecule has 4 rings (SSSR count). The highest BCUT2D eigenvalue weighted by Crippen LogP contribution is 2.24. The molecule has 2 heterocycles. The number of hydroxylamine groups is 1. The molecule has 7 heteroatoms. The van der Waals surface area contributed by atoms with Gasteiger partial charge in [-0.05, 0) is 55.6 Å². The lowest BCUT2D eigenvalue weighted by Gasteiger charge is -2.33. The van der Waals surface area contributed by atoms with Crippen molar-refractivity contribution >= 4 is 22.5 Å². The molecule has 1 fully saturated rings. The van der Waals surface area contributed by atoms with E-state index in [0.29, 0.717) is 11.5 Å². The summed E-state index contributed by atoms with van der Waals surface area (Å²) in [5, 5.41) is 18.2. The molecule has 0 saturated carbocycles. The minimum Gasteiger partial charge on any atom is -0.372 e. The molecule has 3 N–H and O–H groups in total. The monoisotopic (exact) mass is 393 g/mol. The number of carbonyl (C=O) groups excluding carboxylic acids is 1. The fourth-order valence-electron chi connectivity index (χ4n) is 4.10. The fraction of sp³-hybridized carbons (Fsp3) is 0.364. The van der Waals surface area contributed by atoms with Crippen molar-refractivity contribution in [2.75, 3.05) is 24.5 Å². The van der Waals surface area contributed by atoms with Crippen molar-refractivity contribution < 1.29 is 10.0 Å². The van der Waals surface area contributed by atoms with E-state index < -0.39 is 5.91 Å². The zero-order valence-corrected chi connectivity index (χ0v) is 16.6. The van der Waals surface area contributed by atoms with Crippen molar-refractivity contribution in [2.45, 2.75) is 19.4 Å². The van der Waals surface area contributed by atoms with Gasteiger partial charge in [0.15, 0.2) is 0 Å². The van der Waals surface area contributed by atoms with E-state index in [0.717, 1.165) is 50.4 Å². The Balaban J connectivity index is 1.26. The van der Waals surface area contributed by atoms with Gasteiger partial charge in [-0.3, -0.25) is 14.7 Å². The van der Waals surface area contributed by atoms with E-state index in [4.69, 9.17) is 5.21 Å². The smallest absolute Gasteiger partial charge is 0.274 e. The van der Waals surface area contributed by atoms with Crippen LogP contribution in [0.5, 0.6) is 0 Å². The van der Waals surface area contributed by atoms with Gasteiger partial charge in [-0.25, -0.2) is 5.48 Å². The van der Waals surface area contributed by atoms with Crippen molar-refractivity contribution in [3.8, 4) is 0 Å². The summed E-state index contributed by atoms with van der Waals surface area (Å²) in [6.45, 7) is 3.79. The average molecular weight is 393 g/mol. The van der Waals surface area contributed by atoms with Crippen LogP contribution in [0.3, 0.4) is 0 Å². The summed E-state index contributed by atoms with van der Waals surface area (Å²) in [6, 6.07) is 15.7. The van der Waals surface area contributed by atoms with Crippen LogP contribution in [-0.4, -0.2) is 40.5 Å². The molecule has 1 aliphatic heterocycles. The second-order valence-corrected chi connectivity index (χ2v) is 7.64. The molecule has 0 atom stereocenters. The second-order valence-electron chi connectivity index (χ2n) is 7.64. The molecule has 0 spiro atoms. The highest BCUT2D eigenvalue weighted by Gasteiger charge is 2.20. The highest BCUT2D eigenvalue weighted by molar-refractivity contribution is 5.93. The quantitative estimate of drug-likeness (QED) is 0.443. The molecule has 0 radical (unpaired) electrons. The maximum absolute atomic E-state index is 11.4. The Bertz CT molecular complexity index is 975. The molecular weight excluding hydrogens is 366 g/mol. The van der Waals surface area contributed by atoms with E-state index in [-0.39, 0.29) is 0 Å². The first-order valence-electron chi connectivity index (χ1n) is 10.1. The highest BCUT2D eigenvalue weighted by atomic mass is 16.5. The molecule has 3 aromatic rings. The molecular formula is C22H27N5O2. The van der Waals surface area contributed by atoms with Gasteiger partial charge < -0.3 is 10.2 Å². The van der Waals surface area contributed by atoms with E-state index in [1.54, 1.807) is 17.6 Å². The standard InChI is InChI=1S/C22H27N5O2/c1-26-21-5-3-2-4-19(21)20(24-26)15-23-14-16-10-12-27(13-11-16)18-8-6-17(7-9-18)22(28)25-29/h2-9,16,23,29H,10-15H2,1H3,(H,25,28). The van der Waals surface area contributed by atoms with Crippen LogP contribution in [0.4, 0.5) is 5.69 Å². The van der Waals surface area contributed by atoms with E-state index in [1.165, 1.54) is 10.9 Å². The molecule has 0 bridgehead atoms. The number of nitrogens with zero attached hydrogens (tertiary/aromatic N) is 3. The minimum atomic E-state index is -0.484. The number of aryl methyl sites for hydroxylation is 1. The Morgan fingerprint density at radius 3 is 2.59 bits per heavy atom. The first-order valence-corrected chi connectivity index (χ1v) is 10.1. The van der Waals surface area contributed by atoms with Crippen molar-refractivity contribution in [1.82, 2.24) is 20.6 Å². The number of benzene rings is 2. The number of fused-ring (bicyclic) bond motifs is 1. The van der Waals surface area contributed by atoms with Crippen molar-refractivity contribution in [1.29, 1.82) is 0 Å². The zero-order chi connectivity index (χ0) is 20.2. The number of carbonyl (C=O) groups is 1. The summed E-state index contributed by atoms with van der Waals surface area (Å²) < 4.78 is 1.94. The summed E-state index contributed by atoms with van der Waals surface area (Å²) in [5.41, 5.74) is 5.51. The fourth-order valence-corrected chi connectivity index (χ4v) is 4.10. The van der Waals surface area contributed by atoms with Gasteiger partial charge in [0.1, 0.15) is 0 Å². The lowest BCUT2D eigenvalue weighted by Crippen LogP contribution is -2.37. The lowest BCUT2D eigenvalue weighted by molar-refractivity contribution is 0.0706. The van der Waals surface area contributed by atoms with Gasteiger partial charge >= 0.3 is 0 Å². The molecule has 2 aromatic carbocycles. The van der Waals surface area contributed by atoms with E-state index in [9.17, 15) is 4.79 Å². The molecule has 0 aliphatic carbocycles. The van der Waals surface area contributed by atoms with Gasteiger partial charge in [-0.1, -0.05) is 18.2 Å². The molecule has 1 amide bonds. The van der Waals surface area contributed by atoms with Crippen LogP contribution >= 0.6 is 0 Å². The molecule has 152 valence electrons. The Kier molecular flexibility index (Phi) is 5.78. The number of rotatable bonds is 6. The van der Waals surface area contributed by atoms with Gasteiger partial charge in [-0.15, -0.1) is 0 Å². The van der Waals surface area contributed by atoms with Crippen molar-refractivity contribution in [3.05, 3.63) is 59.8 Å². The number of para-hydroxylation sites is 1. The van der Waals surface area contributed by atoms with Gasteiger partial charge in [0, 0.05) is 43.3 Å². The van der Waals surface area contributed by atoms with Gasteiger partial charge in [0.05, 0.1) is 11.2 Å². The zero-order valence-electron chi connectivity index (χ0n) is 16.6. The first-order chi connectivity index (χ1) is 14.2. The first kappa shape index (κ1) is 19.4. The predicted molar refractivity (Wildman–Crippen MR) is 113 cm³/mol. The number of hydrogen-bond acceptors (Lipinski definition) is 5. The summed E-state index contributed by atoms with van der Waals surface area (Å²) in [5.74, 6) is 0.169. The minimum absolute atomic E-state index is 0.456. The largest absolute Gasteiger partial charge is 0.372 e. The third kappa shape index (κ3) is 4.26. The van der Waals surface area contributed by atoms with Crippen LogP contribution in [-0.2, 0) is 13.6 Å². The van der Waals surface area contributed by atoms with Crippen LogP contribution in [0.15, 0.2) is 48.5 Å². The van der Waals surface area contributed by atoms with Gasteiger partial charge in [-0.2, -0.15) is 5.10 Å². The summed E-state index contributed by atoms with van der Waals surface area (Å²) in [7, 11) is 1.99. The average Bonchev–Trinajstić information content (AvgIpc) is 3.10. The second kappa shape index (κ2) is 8.63. The van der Waals surface area contributed by atoms with Crippen LogP contribution in [0.25, 0.3) is 10.9 Å². The van der Waals surface area contributed by atoms with E-state index in [1.807, 2.05) is 29.9 Å². The van der Waals surface area contributed by atoms with E-state index in [2.05, 4.69) is 33.5 Å². The van der Waals surface area contributed by atoms with Crippen molar-refractivity contribution in [2.24, 2.45) is 13.0 Å². The maximum Gasteiger partial charge on any atom is 0.274 e. The number of amides is 1. The van der Waals surface area contributed by atoms with Crippen LogP contribution in [0.1, 0.15) is 28.9 Å². The SMILES string of the molecule is Cn1nc(CNCC2CCN(c3ccc(C(=O)NO)cc3)CC2)c2ccccc21. The number of anilines is 1. The number of nitrogens with one attached hydrogen (secondary N) is 2. The normalized spacial score (nSPS) is 15.0. The summed E-state index contributed by atoms with van der Waals surface area (Å²) in [6.07, 6.45) is 2.27. The Hall–Kier alpha value is -2.90. The number of hydrogen-bond donors (Lipinski definition) is 3. The molecule has 7 nitrogen and oxygen atoms in total. The third-order valence-corrected chi connectivity index (χ3v) is 5.77. The Morgan fingerprint density at radius 1 is 1.14 bits per heavy atom. The predicted octanol–water partition coefficient (Wildman–Crippen LogP) is 2.70. The molecule has 1 aromatic heterocycles. The van der Waals surface area contributed by atoms with Crippen molar-refractivity contribution in [3.63, 3.8) is 0 Å². The summed E-state index contributed by atoms with van der Waals surface area (Å²) in [4.78, 5) is 13.8. The van der Waals surface area contributed by atoms with E-state index >= 15 is 0 Å². The van der Waals surface area contributed by atoms with Crippen LogP contribution in [0.2, 0.25) is 0 Å². The van der Waals surface area contributed by atoms with Gasteiger partial charge in [0.2, 0.25) is 0 Å². The molecule has 1 saturated heterocycles. The maximum atomic E-state index is 11.4.